The van der Waals surface area contributed by atoms with Crippen LogP contribution in [0.4, 0.5) is 0 Å². The summed E-state index contributed by atoms with van der Waals surface area (Å²) in [5, 5.41) is 0. The first-order valence-corrected chi connectivity index (χ1v) is 7.69. The zero-order valence-electron chi connectivity index (χ0n) is 5.38. The van der Waals surface area contributed by atoms with E-state index in [1.54, 1.807) is 0 Å². The van der Waals surface area contributed by atoms with Crippen LogP contribution in [0.3, 0.4) is 0 Å². The highest BCUT2D eigenvalue weighted by Gasteiger charge is 2.23. The van der Waals surface area contributed by atoms with E-state index in [-0.39, 0.29) is 0 Å². The average Bonchev–Trinajstić information content (AvgIpc) is 1.87. The molecule has 0 aromatic heterocycles. The van der Waals surface area contributed by atoms with Crippen LogP contribution in [-0.2, 0) is 0 Å². The Hall–Kier alpha value is 0.987. The van der Waals surface area contributed by atoms with Crippen LogP contribution in [0.1, 0.15) is 13.8 Å². The van der Waals surface area contributed by atoms with Crippen LogP contribution in [-0.4, -0.2) is 12.3 Å². The molecular weight excluding hydrogens is 203 g/mol. The Balaban J connectivity index is 3.58. The van der Waals surface area contributed by atoms with Crippen molar-refractivity contribution in [1.82, 2.24) is 0 Å². The Morgan fingerprint density at radius 1 is 1.38 bits per heavy atom. The summed E-state index contributed by atoms with van der Waals surface area (Å²) in [5.74, 6) is 0. The number of hydrogen-bond acceptors (Lipinski definition) is 0. The number of hydrogen-bond donors (Lipinski definition) is 0. The lowest BCUT2D eigenvalue weighted by molar-refractivity contribution is 1.29. The van der Waals surface area contributed by atoms with Crippen molar-refractivity contribution in [2.24, 2.45) is 0 Å². The highest BCUT2D eigenvalue weighted by molar-refractivity contribution is 9.09. The second-order valence-electron chi connectivity index (χ2n) is 1.99. The molecule has 3 heteroatoms. The summed E-state index contributed by atoms with van der Waals surface area (Å²) in [4.78, 5) is 1.04. The van der Waals surface area contributed by atoms with Crippen LogP contribution in [0, 0.1) is 0 Å². The standard InChI is InChI=1S/C5H12BrClSi/c1-3-8(7,4-2)5-6/h3-5H2,1-2H3. The molecule has 0 saturated heterocycles. The third-order valence-corrected chi connectivity index (χ3v) is 10.7. The first-order chi connectivity index (χ1) is 3.68. The minimum Gasteiger partial charge on any atom is -0.166 e. The third-order valence-electron chi connectivity index (χ3n) is 1.51. The molecule has 0 nitrogen and oxygen atoms in total. The highest BCUT2D eigenvalue weighted by Crippen LogP contribution is 2.21. The Bertz CT molecular complexity index is 55.2. The summed E-state index contributed by atoms with van der Waals surface area (Å²) < 4.78 is 0. The molecule has 0 radical (unpaired) electrons. The zero-order chi connectivity index (χ0) is 6.62. The minimum absolute atomic E-state index is 1.04. The normalized spacial score (nSPS) is 12.0. The first kappa shape index (κ1) is 8.99. The van der Waals surface area contributed by atoms with Gasteiger partial charge < -0.3 is 0 Å². The fourth-order valence-corrected chi connectivity index (χ4v) is 3.70. The van der Waals surface area contributed by atoms with Crippen molar-refractivity contribution in [2.75, 3.05) is 4.95 Å². The van der Waals surface area contributed by atoms with Gasteiger partial charge in [-0.1, -0.05) is 29.8 Å². The molecule has 0 aromatic carbocycles. The van der Waals surface area contributed by atoms with E-state index >= 15 is 0 Å². The van der Waals surface area contributed by atoms with E-state index in [1.165, 1.54) is 12.1 Å². The van der Waals surface area contributed by atoms with Crippen molar-refractivity contribution >= 4 is 34.4 Å². The van der Waals surface area contributed by atoms with Crippen LogP contribution in [0.25, 0.3) is 0 Å². The second kappa shape index (κ2) is 3.91. The third kappa shape index (κ3) is 2.51. The van der Waals surface area contributed by atoms with Gasteiger partial charge in [0.05, 0.1) is 0 Å². The molecule has 8 heavy (non-hydrogen) atoms. The molecule has 0 aliphatic rings. The quantitative estimate of drug-likeness (QED) is 0.385. The van der Waals surface area contributed by atoms with E-state index in [1.807, 2.05) is 0 Å². The van der Waals surface area contributed by atoms with Gasteiger partial charge in [-0.3, -0.25) is 0 Å². The van der Waals surface area contributed by atoms with E-state index in [9.17, 15) is 0 Å². The fraction of sp³-hybridized carbons (Fsp3) is 1.00. The van der Waals surface area contributed by atoms with Gasteiger partial charge in [0.15, 0.2) is 7.38 Å². The van der Waals surface area contributed by atoms with Crippen molar-refractivity contribution in [3.63, 3.8) is 0 Å². The molecule has 50 valence electrons. The minimum atomic E-state index is -1.28. The monoisotopic (exact) mass is 214 g/mol. The lowest BCUT2D eigenvalue weighted by Gasteiger charge is -2.15. The SMILES string of the molecule is CC[Si](Cl)(CC)CBr. The first-order valence-electron chi connectivity index (χ1n) is 2.93. The second-order valence-corrected chi connectivity index (χ2v) is 10.1. The van der Waals surface area contributed by atoms with Crippen LogP contribution < -0.4 is 0 Å². The Kier molecular flexibility index (Phi) is 4.39. The lowest BCUT2D eigenvalue weighted by atomic mass is 10.9. The summed E-state index contributed by atoms with van der Waals surface area (Å²) in [7, 11) is -1.28. The van der Waals surface area contributed by atoms with Crippen LogP contribution in [0.2, 0.25) is 12.1 Å². The number of rotatable bonds is 3. The fourth-order valence-electron chi connectivity index (χ4n) is 0.439. The molecule has 0 atom stereocenters. The molecule has 0 fully saturated rings. The molecule has 0 spiro atoms. The zero-order valence-corrected chi connectivity index (χ0v) is 8.72. The van der Waals surface area contributed by atoms with Gasteiger partial charge in [0.2, 0.25) is 0 Å². The lowest BCUT2D eigenvalue weighted by Crippen LogP contribution is -2.26. The molecule has 0 amide bonds. The van der Waals surface area contributed by atoms with Crippen molar-refractivity contribution in [3.05, 3.63) is 0 Å². The van der Waals surface area contributed by atoms with Gasteiger partial charge in [0.1, 0.15) is 0 Å². The van der Waals surface area contributed by atoms with Gasteiger partial charge >= 0.3 is 0 Å². The van der Waals surface area contributed by atoms with E-state index < -0.39 is 7.38 Å². The predicted octanol–water partition coefficient (Wildman–Crippen LogP) is 3.14. The maximum absolute atomic E-state index is 6.18. The van der Waals surface area contributed by atoms with Crippen molar-refractivity contribution < 1.29 is 0 Å². The highest BCUT2D eigenvalue weighted by atomic mass is 79.9. The molecule has 0 rings (SSSR count). The van der Waals surface area contributed by atoms with Crippen LogP contribution in [0.15, 0.2) is 0 Å². The molecule has 0 aliphatic heterocycles. The summed E-state index contributed by atoms with van der Waals surface area (Å²) in [6.45, 7) is 4.34. The topological polar surface area (TPSA) is 0 Å². The molecule has 0 heterocycles. The number of halogens is 2. The average molecular weight is 216 g/mol. The molecule has 0 bridgehead atoms. The molecule has 0 unspecified atom stereocenters. The molecule has 0 N–H and O–H groups in total. The van der Waals surface area contributed by atoms with Gasteiger partial charge in [-0.15, -0.1) is 0 Å². The van der Waals surface area contributed by atoms with E-state index in [4.69, 9.17) is 11.1 Å². The van der Waals surface area contributed by atoms with E-state index in [0.29, 0.717) is 0 Å². The van der Waals surface area contributed by atoms with Gasteiger partial charge in [0.25, 0.3) is 0 Å². The van der Waals surface area contributed by atoms with Crippen LogP contribution >= 0.6 is 27.0 Å². The maximum Gasteiger partial charge on any atom is 0.166 e. The predicted molar refractivity (Wildman–Crippen MR) is 46.4 cm³/mol. The molecule has 0 saturated carbocycles. The Labute approximate surface area is 65.5 Å². The Morgan fingerprint density at radius 2 is 1.75 bits per heavy atom. The summed E-state index contributed by atoms with van der Waals surface area (Å²) in [6, 6.07) is 2.35. The largest absolute Gasteiger partial charge is 0.166 e. The van der Waals surface area contributed by atoms with Crippen molar-refractivity contribution in [1.29, 1.82) is 0 Å². The van der Waals surface area contributed by atoms with Crippen molar-refractivity contribution in [2.45, 2.75) is 25.9 Å². The van der Waals surface area contributed by atoms with Gasteiger partial charge in [-0.2, -0.15) is 11.1 Å². The van der Waals surface area contributed by atoms with Gasteiger partial charge in [-0.25, -0.2) is 0 Å². The van der Waals surface area contributed by atoms with Gasteiger partial charge in [0, 0.05) is 4.95 Å². The summed E-state index contributed by atoms with van der Waals surface area (Å²) >= 11 is 9.61. The molecular formula is C5H12BrClSi. The maximum atomic E-state index is 6.18. The van der Waals surface area contributed by atoms with Gasteiger partial charge in [-0.05, 0) is 12.1 Å². The van der Waals surface area contributed by atoms with Crippen LogP contribution in [0.5, 0.6) is 0 Å². The summed E-state index contributed by atoms with van der Waals surface area (Å²) in [6.07, 6.45) is 0. The number of alkyl halides is 1. The Morgan fingerprint density at radius 3 is 1.75 bits per heavy atom. The summed E-state index contributed by atoms with van der Waals surface area (Å²) in [5.41, 5.74) is 0. The van der Waals surface area contributed by atoms with E-state index in [2.05, 4.69) is 29.8 Å². The molecule has 0 aromatic rings. The smallest absolute Gasteiger partial charge is 0.166 e. The van der Waals surface area contributed by atoms with E-state index in [0.717, 1.165) is 4.95 Å². The molecule has 0 aliphatic carbocycles. The van der Waals surface area contributed by atoms with Crippen molar-refractivity contribution in [3.8, 4) is 0 Å².